The summed E-state index contributed by atoms with van der Waals surface area (Å²) in [6.07, 6.45) is 0.308. The van der Waals surface area contributed by atoms with E-state index in [1.807, 2.05) is 0 Å². The normalized spacial score (nSPS) is 21.8. The first-order chi connectivity index (χ1) is 12.5. The van der Waals surface area contributed by atoms with Gasteiger partial charge in [-0.3, -0.25) is 4.99 Å². The number of guanidine groups is 1. The first kappa shape index (κ1) is 19.0. The molecule has 1 atom stereocenters. The second-order valence-electron chi connectivity index (χ2n) is 7.21. The van der Waals surface area contributed by atoms with Crippen molar-refractivity contribution in [2.24, 2.45) is 10.9 Å². The minimum atomic E-state index is -4.28. The number of hydrogen-bond acceptors (Lipinski definition) is 2. The number of nitrogens with zero attached hydrogens (tertiary/aromatic N) is 2. The maximum absolute atomic E-state index is 12.6. The van der Waals surface area contributed by atoms with Gasteiger partial charge in [-0.15, -0.1) is 0 Å². The third-order valence-electron chi connectivity index (χ3n) is 5.15. The number of likely N-dealkylation sites (tertiary alicyclic amines) is 1. The zero-order valence-electron chi connectivity index (χ0n) is 15.1. The number of halogens is 3. The number of aliphatic imine (C=N–C) groups is 1. The maximum Gasteiger partial charge on any atom is 0.416 e. The fraction of sp³-hybridized carbons (Fsp3) is 0.632. The summed E-state index contributed by atoms with van der Waals surface area (Å²) in [6, 6.07) is 6.17. The molecule has 0 aromatic heterocycles. The van der Waals surface area contributed by atoms with Gasteiger partial charge < -0.3 is 15.5 Å². The van der Waals surface area contributed by atoms with Crippen molar-refractivity contribution < 1.29 is 13.2 Å². The minimum Gasteiger partial charge on any atom is -0.356 e. The number of rotatable bonds is 6. The third-order valence-corrected chi connectivity index (χ3v) is 5.15. The van der Waals surface area contributed by atoms with Crippen molar-refractivity contribution in [3.8, 4) is 0 Å². The van der Waals surface area contributed by atoms with Gasteiger partial charge >= 0.3 is 6.18 Å². The predicted octanol–water partition coefficient (Wildman–Crippen LogP) is 2.90. The van der Waals surface area contributed by atoms with Crippen LogP contribution in [0.2, 0.25) is 0 Å². The number of alkyl halides is 3. The van der Waals surface area contributed by atoms with Crippen LogP contribution in [-0.4, -0.2) is 50.1 Å². The molecule has 26 heavy (non-hydrogen) atoms. The van der Waals surface area contributed by atoms with E-state index in [-0.39, 0.29) is 0 Å². The van der Waals surface area contributed by atoms with E-state index >= 15 is 0 Å². The first-order valence-electron chi connectivity index (χ1n) is 9.30. The van der Waals surface area contributed by atoms with Gasteiger partial charge in [0.05, 0.1) is 5.56 Å². The Morgan fingerprint density at radius 1 is 1.15 bits per heavy atom. The van der Waals surface area contributed by atoms with Crippen LogP contribution in [0.1, 0.15) is 30.4 Å². The van der Waals surface area contributed by atoms with E-state index in [1.165, 1.54) is 44.5 Å². The molecule has 0 amide bonds. The molecule has 0 bridgehead atoms. The van der Waals surface area contributed by atoms with Crippen molar-refractivity contribution in [1.82, 2.24) is 15.5 Å². The molecule has 1 aliphatic heterocycles. The van der Waals surface area contributed by atoms with Gasteiger partial charge in [0.25, 0.3) is 0 Å². The van der Waals surface area contributed by atoms with Crippen LogP contribution in [-0.2, 0) is 12.6 Å². The Kier molecular flexibility index (Phi) is 6.06. The zero-order chi connectivity index (χ0) is 18.6. The standard InChI is InChI=1S/C19H27F3N4/c1-23-18(25-12-15-9-11-26(13-15)17-6-7-17)24-10-8-14-2-4-16(5-3-14)19(20,21)22/h2-5,15,17H,6-13H2,1H3,(H2,23,24,25). The van der Waals surface area contributed by atoms with Crippen LogP contribution in [0.25, 0.3) is 0 Å². The third kappa shape index (κ3) is 5.37. The van der Waals surface area contributed by atoms with Crippen molar-refractivity contribution >= 4 is 5.96 Å². The maximum atomic E-state index is 12.6. The van der Waals surface area contributed by atoms with Crippen LogP contribution in [0.15, 0.2) is 29.3 Å². The van der Waals surface area contributed by atoms with E-state index < -0.39 is 11.7 Å². The Hall–Kier alpha value is -1.76. The smallest absolute Gasteiger partial charge is 0.356 e. The van der Waals surface area contributed by atoms with E-state index in [0.717, 1.165) is 36.2 Å². The summed E-state index contributed by atoms with van der Waals surface area (Å²) in [7, 11) is 1.73. The SMILES string of the molecule is CN=C(NCCc1ccc(C(F)(F)F)cc1)NCC1CCN(C2CC2)C1. The van der Waals surface area contributed by atoms with E-state index in [9.17, 15) is 13.2 Å². The number of nitrogens with one attached hydrogen (secondary N) is 2. The van der Waals surface area contributed by atoms with Crippen molar-refractivity contribution in [2.75, 3.05) is 33.2 Å². The van der Waals surface area contributed by atoms with Crippen molar-refractivity contribution in [1.29, 1.82) is 0 Å². The molecule has 0 spiro atoms. The Labute approximate surface area is 152 Å². The Balaban J connectivity index is 1.36. The fourth-order valence-electron chi connectivity index (χ4n) is 3.45. The van der Waals surface area contributed by atoms with Crippen LogP contribution in [0.5, 0.6) is 0 Å². The lowest BCUT2D eigenvalue weighted by molar-refractivity contribution is -0.137. The molecule has 1 saturated carbocycles. The van der Waals surface area contributed by atoms with Crippen LogP contribution in [0.4, 0.5) is 13.2 Å². The highest BCUT2D eigenvalue weighted by atomic mass is 19.4. The highest BCUT2D eigenvalue weighted by Gasteiger charge is 2.34. The molecule has 1 unspecified atom stereocenters. The molecule has 4 nitrogen and oxygen atoms in total. The van der Waals surface area contributed by atoms with Gasteiger partial charge in [-0.2, -0.15) is 13.2 Å². The molecule has 0 radical (unpaired) electrons. The molecule has 1 saturated heterocycles. The topological polar surface area (TPSA) is 39.7 Å². The molecule has 2 aliphatic rings. The van der Waals surface area contributed by atoms with Crippen molar-refractivity contribution in [2.45, 2.75) is 37.9 Å². The number of hydrogen-bond donors (Lipinski definition) is 2. The molecule has 144 valence electrons. The van der Waals surface area contributed by atoms with Gasteiger partial charge in [0.15, 0.2) is 5.96 Å². The monoisotopic (exact) mass is 368 g/mol. The summed E-state index contributed by atoms with van der Waals surface area (Å²) in [5, 5.41) is 6.61. The second kappa shape index (κ2) is 8.29. The summed E-state index contributed by atoms with van der Waals surface area (Å²) in [5.41, 5.74) is 0.264. The number of benzene rings is 1. The quantitative estimate of drug-likeness (QED) is 0.599. The van der Waals surface area contributed by atoms with Gasteiger partial charge in [-0.1, -0.05) is 12.1 Å². The molecule has 7 heteroatoms. The highest BCUT2D eigenvalue weighted by Crippen LogP contribution is 2.31. The molecule has 2 N–H and O–H groups in total. The van der Waals surface area contributed by atoms with Gasteiger partial charge in [-0.25, -0.2) is 0 Å². The average molecular weight is 368 g/mol. The average Bonchev–Trinajstić information content (AvgIpc) is 3.36. The molecule has 1 aromatic carbocycles. The minimum absolute atomic E-state index is 0.608. The Morgan fingerprint density at radius 3 is 2.50 bits per heavy atom. The lowest BCUT2D eigenvalue weighted by Crippen LogP contribution is -2.41. The summed E-state index contributed by atoms with van der Waals surface area (Å²) in [6.45, 7) is 3.91. The fourth-order valence-corrected chi connectivity index (χ4v) is 3.45. The van der Waals surface area contributed by atoms with E-state index in [4.69, 9.17) is 0 Å². The van der Waals surface area contributed by atoms with Gasteiger partial charge in [0.1, 0.15) is 0 Å². The van der Waals surface area contributed by atoms with Crippen molar-refractivity contribution in [3.63, 3.8) is 0 Å². The highest BCUT2D eigenvalue weighted by molar-refractivity contribution is 5.79. The molecule has 3 rings (SSSR count). The summed E-state index contributed by atoms with van der Waals surface area (Å²) in [4.78, 5) is 6.82. The molecule has 1 aliphatic carbocycles. The lowest BCUT2D eigenvalue weighted by atomic mass is 10.1. The van der Waals surface area contributed by atoms with Gasteiger partial charge in [0, 0.05) is 32.7 Å². The van der Waals surface area contributed by atoms with Crippen LogP contribution < -0.4 is 10.6 Å². The molecular formula is C19H27F3N4. The van der Waals surface area contributed by atoms with E-state index in [0.29, 0.717) is 18.9 Å². The molecule has 1 heterocycles. The summed E-state index contributed by atoms with van der Waals surface area (Å²) >= 11 is 0. The molecule has 1 aromatic rings. The predicted molar refractivity (Wildman–Crippen MR) is 97.2 cm³/mol. The van der Waals surface area contributed by atoms with Crippen LogP contribution >= 0.6 is 0 Å². The zero-order valence-corrected chi connectivity index (χ0v) is 15.1. The van der Waals surface area contributed by atoms with Crippen LogP contribution in [0, 0.1) is 5.92 Å². The van der Waals surface area contributed by atoms with E-state index in [2.05, 4.69) is 20.5 Å². The van der Waals surface area contributed by atoms with Crippen molar-refractivity contribution in [3.05, 3.63) is 35.4 Å². The second-order valence-corrected chi connectivity index (χ2v) is 7.21. The summed E-state index contributed by atoms with van der Waals surface area (Å²) in [5.74, 6) is 1.41. The molecule has 2 fully saturated rings. The van der Waals surface area contributed by atoms with Gasteiger partial charge in [0.2, 0.25) is 0 Å². The molecular weight excluding hydrogens is 341 g/mol. The lowest BCUT2D eigenvalue weighted by Gasteiger charge is -2.17. The summed E-state index contributed by atoms with van der Waals surface area (Å²) < 4.78 is 37.7. The van der Waals surface area contributed by atoms with Gasteiger partial charge in [-0.05, 0) is 55.8 Å². The van der Waals surface area contributed by atoms with E-state index in [1.54, 1.807) is 7.05 Å². The van der Waals surface area contributed by atoms with Crippen LogP contribution in [0.3, 0.4) is 0 Å². The Bertz CT molecular complexity index is 608. The Morgan fingerprint density at radius 2 is 1.88 bits per heavy atom. The first-order valence-corrected chi connectivity index (χ1v) is 9.30. The largest absolute Gasteiger partial charge is 0.416 e.